The van der Waals surface area contributed by atoms with Crippen molar-refractivity contribution in [3.05, 3.63) is 81.1 Å². The van der Waals surface area contributed by atoms with Crippen LogP contribution >= 0.6 is 23.4 Å². The molecule has 0 saturated heterocycles. The number of benzene rings is 2. The molecule has 0 amide bonds. The van der Waals surface area contributed by atoms with Crippen LogP contribution in [0, 0.1) is 6.92 Å². The number of aromatic amines is 1. The Hall–Kier alpha value is -2.57. The Bertz CT molecular complexity index is 1130. The number of thioether (sulfide) groups is 1. The van der Waals surface area contributed by atoms with Gasteiger partial charge < -0.3 is 0 Å². The van der Waals surface area contributed by atoms with Crippen LogP contribution < -0.4 is 5.56 Å². The molecule has 2 aromatic carbocycles. The Balaban J connectivity index is 1.65. The van der Waals surface area contributed by atoms with E-state index >= 15 is 0 Å². The molecule has 5 nitrogen and oxygen atoms in total. The average molecular weight is 383 g/mol. The molecule has 0 aliphatic rings. The van der Waals surface area contributed by atoms with Gasteiger partial charge in [-0.05, 0) is 30.2 Å². The summed E-state index contributed by atoms with van der Waals surface area (Å²) in [7, 11) is 0. The van der Waals surface area contributed by atoms with Crippen molar-refractivity contribution in [1.82, 2.24) is 19.6 Å². The van der Waals surface area contributed by atoms with E-state index < -0.39 is 0 Å². The number of nitrogens with zero attached hydrogens (tertiary/aromatic N) is 3. The zero-order chi connectivity index (χ0) is 18.1. The van der Waals surface area contributed by atoms with Crippen LogP contribution in [0.15, 0.2) is 64.5 Å². The molecule has 1 N–H and O–H groups in total. The SMILES string of the molecule is Cc1ccccc1-c1cc(=O)n2[nH]c(SCc3ccc(Cl)cc3)nc2n1. The van der Waals surface area contributed by atoms with Crippen molar-refractivity contribution < 1.29 is 0 Å². The first-order valence-electron chi connectivity index (χ1n) is 8.03. The maximum Gasteiger partial charge on any atom is 0.274 e. The minimum Gasteiger partial charge on any atom is -0.267 e. The molecule has 2 heterocycles. The van der Waals surface area contributed by atoms with Gasteiger partial charge in [0.25, 0.3) is 11.3 Å². The number of aromatic nitrogens is 4. The minimum atomic E-state index is -0.181. The van der Waals surface area contributed by atoms with Crippen molar-refractivity contribution in [2.75, 3.05) is 0 Å². The van der Waals surface area contributed by atoms with E-state index in [1.807, 2.05) is 55.5 Å². The zero-order valence-electron chi connectivity index (χ0n) is 13.9. The largest absolute Gasteiger partial charge is 0.274 e. The van der Waals surface area contributed by atoms with Crippen LogP contribution in [0.5, 0.6) is 0 Å². The summed E-state index contributed by atoms with van der Waals surface area (Å²) in [6.07, 6.45) is 0. The van der Waals surface area contributed by atoms with Crippen molar-refractivity contribution >= 4 is 29.1 Å². The van der Waals surface area contributed by atoms with E-state index in [9.17, 15) is 4.79 Å². The Kier molecular flexibility index (Phi) is 4.53. The lowest BCUT2D eigenvalue weighted by atomic mass is 10.1. The molecule has 0 bridgehead atoms. The lowest BCUT2D eigenvalue weighted by molar-refractivity contribution is 0.851. The number of nitrogens with one attached hydrogen (secondary N) is 1. The first kappa shape index (κ1) is 16.9. The fourth-order valence-electron chi connectivity index (χ4n) is 2.66. The highest BCUT2D eigenvalue weighted by molar-refractivity contribution is 7.98. The predicted molar refractivity (Wildman–Crippen MR) is 105 cm³/mol. The third-order valence-electron chi connectivity index (χ3n) is 4.02. The highest BCUT2D eigenvalue weighted by atomic mass is 35.5. The third-order valence-corrected chi connectivity index (χ3v) is 5.21. The summed E-state index contributed by atoms with van der Waals surface area (Å²) in [4.78, 5) is 21.4. The topological polar surface area (TPSA) is 63.0 Å². The lowest BCUT2D eigenvalue weighted by Gasteiger charge is -2.03. The molecular weight excluding hydrogens is 368 g/mol. The summed E-state index contributed by atoms with van der Waals surface area (Å²) in [5.41, 5.74) is 3.58. The molecule has 0 fully saturated rings. The van der Waals surface area contributed by atoms with Gasteiger partial charge in [-0.15, -0.1) is 0 Å². The molecule has 0 spiro atoms. The van der Waals surface area contributed by atoms with Crippen LogP contribution in [0.4, 0.5) is 0 Å². The second-order valence-corrected chi connectivity index (χ2v) is 7.27. The molecule has 2 aromatic heterocycles. The normalized spacial score (nSPS) is 11.2. The molecule has 130 valence electrons. The van der Waals surface area contributed by atoms with Crippen LogP contribution in [-0.4, -0.2) is 19.6 Å². The summed E-state index contributed by atoms with van der Waals surface area (Å²) in [5.74, 6) is 1.09. The van der Waals surface area contributed by atoms with E-state index in [2.05, 4.69) is 15.1 Å². The van der Waals surface area contributed by atoms with Crippen molar-refractivity contribution in [2.45, 2.75) is 17.8 Å². The number of aryl methyl sites for hydroxylation is 1. The number of hydrogen-bond acceptors (Lipinski definition) is 4. The fraction of sp³-hybridized carbons (Fsp3) is 0.105. The molecular formula is C19H15ClN4OS. The second-order valence-electron chi connectivity index (χ2n) is 5.87. The highest BCUT2D eigenvalue weighted by Crippen LogP contribution is 2.23. The molecule has 4 rings (SSSR count). The average Bonchev–Trinajstić information content (AvgIpc) is 3.05. The number of rotatable bonds is 4. The second kappa shape index (κ2) is 6.97. The van der Waals surface area contributed by atoms with Gasteiger partial charge in [-0.3, -0.25) is 9.89 Å². The van der Waals surface area contributed by atoms with E-state index in [1.165, 1.54) is 22.3 Å². The molecule has 0 atom stereocenters. The third kappa shape index (κ3) is 3.38. The van der Waals surface area contributed by atoms with Gasteiger partial charge in [-0.2, -0.15) is 9.50 Å². The van der Waals surface area contributed by atoms with Gasteiger partial charge in [-0.1, -0.05) is 59.8 Å². The van der Waals surface area contributed by atoms with Crippen LogP contribution in [0.1, 0.15) is 11.1 Å². The van der Waals surface area contributed by atoms with Gasteiger partial charge in [0.1, 0.15) is 0 Å². The van der Waals surface area contributed by atoms with Gasteiger partial charge >= 0.3 is 0 Å². The number of hydrogen-bond donors (Lipinski definition) is 1. The van der Waals surface area contributed by atoms with Crippen molar-refractivity contribution in [3.63, 3.8) is 0 Å². The van der Waals surface area contributed by atoms with E-state index in [0.717, 1.165) is 22.4 Å². The fourth-order valence-corrected chi connectivity index (χ4v) is 3.58. The summed E-state index contributed by atoms with van der Waals surface area (Å²) in [6.45, 7) is 2.00. The van der Waals surface area contributed by atoms with Crippen LogP contribution in [0.2, 0.25) is 5.02 Å². The quantitative estimate of drug-likeness (QED) is 0.533. The van der Waals surface area contributed by atoms with Crippen LogP contribution in [0.3, 0.4) is 0 Å². The van der Waals surface area contributed by atoms with E-state index in [1.54, 1.807) is 0 Å². The van der Waals surface area contributed by atoms with Crippen LogP contribution in [-0.2, 0) is 5.75 Å². The van der Waals surface area contributed by atoms with Gasteiger partial charge in [-0.25, -0.2) is 4.98 Å². The molecule has 0 unspecified atom stereocenters. The number of halogens is 1. The van der Waals surface area contributed by atoms with Gasteiger partial charge in [0, 0.05) is 22.4 Å². The maximum absolute atomic E-state index is 12.4. The van der Waals surface area contributed by atoms with E-state index in [0.29, 0.717) is 21.7 Å². The summed E-state index contributed by atoms with van der Waals surface area (Å²) < 4.78 is 1.37. The van der Waals surface area contributed by atoms with E-state index in [-0.39, 0.29) is 5.56 Å². The molecule has 0 radical (unpaired) electrons. The molecule has 0 saturated carbocycles. The molecule has 0 aliphatic carbocycles. The first-order valence-corrected chi connectivity index (χ1v) is 9.39. The minimum absolute atomic E-state index is 0.181. The first-order chi connectivity index (χ1) is 12.6. The number of fused-ring (bicyclic) bond motifs is 1. The standard InChI is InChI=1S/C19H15ClN4OS/c1-12-4-2-3-5-15(12)16-10-17(25)24-18(21-16)22-19(23-24)26-11-13-6-8-14(20)9-7-13/h2-10H,11H2,1H3,(H,21,22,23). The van der Waals surface area contributed by atoms with Gasteiger partial charge in [0.15, 0.2) is 5.16 Å². The maximum atomic E-state index is 12.4. The Labute approximate surface area is 159 Å². The predicted octanol–water partition coefficient (Wildman–Crippen LogP) is 4.34. The lowest BCUT2D eigenvalue weighted by Crippen LogP contribution is -2.14. The summed E-state index contributed by atoms with van der Waals surface area (Å²) >= 11 is 7.41. The van der Waals surface area contributed by atoms with Gasteiger partial charge in [0.2, 0.25) is 0 Å². The van der Waals surface area contributed by atoms with Gasteiger partial charge in [0.05, 0.1) is 5.69 Å². The van der Waals surface area contributed by atoms with Crippen molar-refractivity contribution in [3.8, 4) is 11.3 Å². The molecule has 0 aliphatic heterocycles. The van der Waals surface area contributed by atoms with Crippen molar-refractivity contribution in [1.29, 1.82) is 0 Å². The summed E-state index contributed by atoms with van der Waals surface area (Å²) in [6, 6.07) is 17.0. The summed E-state index contributed by atoms with van der Waals surface area (Å²) in [5, 5.41) is 4.36. The Morgan fingerprint density at radius 1 is 1.12 bits per heavy atom. The zero-order valence-corrected chi connectivity index (χ0v) is 15.5. The van der Waals surface area contributed by atoms with E-state index in [4.69, 9.17) is 11.6 Å². The highest BCUT2D eigenvalue weighted by Gasteiger charge is 2.11. The smallest absolute Gasteiger partial charge is 0.267 e. The molecule has 4 aromatic rings. The Morgan fingerprint density at radius 2 is 1.88 bits per heavy atom. The number of H-pyrrole nitrogens is 1. The van der Waals surface area contributed by atoms with Crippen LogP contribution in [0.25, 0.3) is 17.0 Å². The monoisotopic (exact) mass is 382 g/mol. The molecule has 26 heavy (non-hydrogen) atoms. The Morgan fingerprint density at radius 3 is 2.65 bits per heavy atom. The molecule has 7 heteroatoms. The van der Waals surface area contributed by atoms with Crippen molar-refractivity contribution in [2.24, 2.45) is 0 Å².